The molecule has 1 aromatic heterocycles. The molecule has 0 aliphatic rings. The number of benzene rings is 1. The van der Waals surface area contributed by atoms with Crippen molar-refractivity contribution >= 4 is 18.4 Å². The molecule has 0 saturated carbocycles. The van der Waals surface area contributed by atoms with Gasteiger partial charge in [-0.05, 0) is 23.8 Å². The van der Waals surface area contributed by atoms with Crippen LogP contribution < -0.4 is 21.8 Å². The van der Waals surface area contributed by atoms with Gasteiger partial charge in [-0.1, -0.05) is 24.8 Å². The molecule has 0 radical (unpaired) electrons. The Morgan fingerprint density at radius 1 is 1.14 bits per heavy atom. The van der Waals surface area contributed by atoms with Crippen molar-refractivity contribution in [1.29, 1.82) is 0 Å². The van der Waals surface area contributed by atoms with E-state index in [2.05, 4.69) is 6.58 Å². The van der Waals surface area contributed by atoms with Gasteiger partial charge in [0.15, 0.2) is 0 Å². The van der Waals surface area contributed by atoms with Crippen LogP contribution in [0.4, 0.5) is 4.39 Å². The van der Waals surface area contributed by atoms with Crippen LogP contribution in [0.25, 0.3) is 18.4 Å². The Labute approximate surface area is 125 Å². The summed E-state index contributed by atoms with van der Waals surface area (Å²) in [5.74, 6) is -0.829. The molecule has 6 heteroatoms. The molecule has 5 nitrogen and oxygen atoms in total. The van der Waals surface area contributed by atoms with Crippen LogP contribution in [0.3, 0.4) is 0 Å². The van der Waals surface area contributed by atoms with Gasteiger partial charge < -0.3 is 5.11 Å². The standard InChI is InChI=1S/C16H15FN2O3/c1-10-18(2)15(21)14(16(22)19(10)3)13(20)9-6-11-4-7-12(17)8-5-11/h4-9,20H,1H2,2-3H3/b9-6+. The molecule has 0 unspecified atom stereocenters. The number of halogens is 1. The summed E-state index contributed by atoms with van der Waals surface area (Å²) in [7, 11) is 2.93. The minimum Gasteiger partial charge on any atom is -0.507 e. The number of aliphatic hydroxyl groups is 1. The Morgan fingerprint density at radius 2 is 1.64 bits per heavy atom. The quantitative estimate of drug-likeness (QED) is 0.850. The maximum absolute atomic E-state index is 12.8. The van der Waals surface area contributed by atoms with Crippen LogP contribution in [0.1, 0.15) is 5.56 Å². The van der Waals surface area contributed by atoms with E-state index in [0.29, 0.717) is 5.56 Å². The van der Waals surface area contributed by atoms with Crippen molar-refractivity contribution in [3.63, 3.8) is 0 Å². The van der Waals surface area contributed by atoms with Crippen LogP contribution >= 0.6 is 0 Å². The molecular formula is C16H15FN2O3. The van der Waals surface area contributed by atoms with Gasteiger partial charge in [-0.2, -0.15) is 0 Å². The van der Waals surface area contributed by atoms with E-state index in [1.165, 1.54) is 59.6 Å². The molecular weight excluding hydrogens is 287 g/mol. The zero-order valence-corrected chi connectivity index (χ0v) is 12.2. The molecule has 114 valence electrons. The molecule has 2 aromatic rings. The number of rotatable bonds is 2. The molecule has 1 aromatic carbocycles. The molecule has 2 rings (SSSR count). The highest BCUT2D eigenvalue weighted by Crippen LogP contribution is 2.05. The van der Waals surface area contributed by atoms with Gasteiger partial charge in [-0.3, -0.25) is 18.7 Å². The third-order valence-corrected chi connectivity index (χ3v) is 3.37. The molecule has 0 fully saturated rings. The average molecular weight is 302 g/mol. The largest absolute Gasteiger partial charge is 0.507 e. The zero-order valence-electron chi connectivity index (χ0n) is 12.2. The summed E-state index contributed by atoms with van der Waals surface area (Å²) in [5, 5.41) is 9.71. The lowest BCUT2D eigenvalue weighted by Crippen LogP contribution is -2.57. The number of aromatic nitrogens is 2. The topological polar surface area (TPSA) is 64.2 Å². The van der Waals surface area contributed by atoms with E-state index in [-0.39, 0.29) is 16.5 Å². The lowest BCUT2D eigenvalue weighted by atomic mass is 10.2. The van der Waals surface area contributed by atoms with Crippen LogP contribution in [0.5, 0.6) is 0 Å². The minimum absolute atomic E-state index is 0.231. The van der Waals surface area contributed by atoms with Gasteiger partial charge in [-0.25, -0.2) is 4.39 Å². The number of hydrogen-bond donors (Lipinski definition) is 1. The van der Waals surface area contributed by atoms with Crippen molar-refractivity contribution in [2.45, 2.75) is 0 Å². The van der Waals surface area contributed by atoms with E-state index in [1.54, 1.807) is 0 Å². The molecule has 0 bridgehead atoms. The molecule has 1 N–H and O–H groups in total. The third-order valence-electron chi connectivity index (χ3n) is 3.37. The van der Waals surface area contributed by atoms with Gasteiger partial charge in [-0.15, -0.1) is 0 Å². The zero-order chi connectivity index (χ0) is 16.4. The van der Waals surface area contributed by atoms with Crippen LogP contribution in [0.2, 0.25) is 0 Å². The minimum atomic E-state index is -0.630. The molecule has 0 saturated heterocycles. The highest BCUT2D eigenvalue weighted by atomic mass is 19.1. The average Bonchev–Trinajstić information content (AvgIpc) is 2.50. The van der Waals surface area contributed by atoms with Crippen molar-refractivity contribution in [2.24, 2.45) is 14.1 Å². The summed E-state index contributed by atoms with van der Waals surface area (Å²) in [6.07, 6.45) is 2.71. The lowest BCUT2D eigenvalue weighted by Gasteiger charge is -2.04. The molecule has 0 atom stereocenters. The van der Waals surface area contributed by atoms with E-state index in [4.69, 9.17) is 0 Å². The first kappa shape index (κ1) is 15.5. The van der Waals surface area contributed by atoms with Crippen LogP contribution in [-0.2, 0) is 14.1 Å². The maximum atomic E-state index is 12.8. The maximum Gasteiger partial charge on any atom is 0.268 e. The first-order chi connectivity index (χ1) is 10.3. The van der Waals surface area contributed by atoms with Gasteiger partial charge in [0, 0.05) is 14.1 Å². The Morgan fingerprint density at radius 3 is 2.14 bits per heavy atom. The molecule has 0 aliphatic heterocycles. The fraction of sp³-hybridized carbons (Fsp3) is 0.125. The van der Waals surface area contributed by atoms with Gasteiger partial charge >= 0.3 is 0 Å². The molecule has 0 spiro atoms. The van der Waals surface area contributed by atoms with E-state index in [1.807, 2.05) is 0 Å². The Balaban J connectivity index is 2.65. The second-order valence-corrected chi connectivity index (χ2v) is 4.79. The SMILES string of the molecule is C=c1n(C)c(=O)c(=C(O)/C=C/c2ccc(F)cc2)c(=O)n1C. The number of nitrogens with zero attached hydrogens (tertiary/aromatic N) is 2. The first-order valence-corrected chi connectivity index (χ1v) is 6.45. The molecule has 0 amide bonds. The fourth-order valence-corrected chi connectivity index (χ4v) is 1.94. The number of aliphatic hydroxyl groups excluding tert-OH is 1. The van der Waals surface area contributed by atoms with Gasteiger partial charge in [0.25, 0.3) is 11.1 Å². The first-order valence-electron chi connectivity index (χ1n) is 6.45. The van der Waals surface area contributed by atoms with Crippen molar-refractivity contribution in [3.8, 4) is 0 Å². The van der Waals surface area contributed by atoms with Crippen LogP contribution in [0, 0.1) is 5.82 Å². The number of hydrogen-bond acceptors (Lipinski definition) is 3. The Kier molecular flexibility index (Phi) is 4.12. The van der Waals surface area contributed by atoms with Crippen molar-refractivity contribution < 1.29 is 9.50 Å². The van der Waals surface area contributed by atoms with Gasteiger partial charge in [0.1, 0.15) is 22.3 Å². The third kappa shape index (κ3) is 2.76. The van der Waals surface area contributed by atoms with Gasteiger partial charge in [0.2, 0.25) is 0 Å². The van der Waals surface area contributed by atoms with Crippen molar-refractivity contribution in [2.75, 3.05) is 0 Å². The summed E-state index contributed by atoms with van der Waals surface area (Å²) in [5.41, 5.74) is -0.409. The smallest absolute Gasteiger partial charge is 0.268 e. The highest BCUT2D eigenvalue weighted by molar-refractivity contribution is 5.61. The Hall–Kier alpha value is -2.89. The fourth-order valence-electron chi connectivity index (χ4n) is 1.94. The van der Waals surface area contributed by atoms with Crippen molar-refractivity contribution in [3.05, 3.63) is 73.1 Å². The van der Waals surface area contributed by atoms with E-state index < -0.39 is 16.9 Å². The Bertz CT molecular complexity index is 923. The van der Waals surface area contributed by atoms with Gasteiger partial charge in [0.05, 0.1) is 0 Å². The molecule has 0 aliphatic carbocycles. The van der Waals surface area contributed by atoms with Crippen LogP contribution in [-0.4, -0.2) is 14.2 Å². The second-order valence-electron chi connectivity index (χ2n) is 4.79. The molecule has 22 heavy (non-hydrogen) atoms. The summed E-state index contributed by atoms with van der Waals surface area (Å²) >= 11 is 0. The van der Waals surface area contributed by atoms with Crippen molar-refractivity contribution in [1.82, 2.24) is 9.13 Å². The molecule has 1 heterocycles. The second kappa shape index (κ2) is 5.85. The summed E-state index contributed by atoms with van der Waals surface area (Å²) in [6, 6.07) is 5.56. The monoisotopic (exact) mass is 302 g/mol. The summed E-state index contributed by atoms with van der Waals surface area (Å²) in [6.45, 7) is 3.63. The predicted octanol–water partition coefficient (Wildman–Crippen LogP) is 0.0130. The van der Waals surface area contributed by atoms with E-state index in [9.17, 15) is 19.1 Å². The summed E-state index contributed by atoms with van der Waals surface area (Å²) < 4.78 is 15.2. The highest BCUT2D eigenvalue weighted by Gasteiger charge is 2.07. The summed E-state index contributed by atoms with van der Waals surface area (Å²) in [4.78, 5) is 24.2. The normalized spacial score (nSPS) is 11.0. The van der Waals surface area contributed by atoms with E-state index in [0.717, 1.165) is 0 Å². The van der Waals surface area contributed by atoms with Crippen LogP contribution in [0.15, 0.2) is 39.9 Å². The van der Waals surface area contributed by atoms with E-state index >= 15 is 0 Å². The lowest BCUT2D eigenvalue weighted by molar-refractivity contribution is 0.507. The predicted molar refractivity (Wildman–Crippen MR) is 83.2 cm³/mol.